The molecule has 2 atom stereocenters. The van der Waals surface area contributed by atoms with Crippen LogP contribution < -0.4 is 11.3 Å². The fourth-order valence-corrected chi connectivity index (χ4v) is 3.30. The van der Waals surface area contributed by atoms with E-state index in [0.29, 0.717) is 10.0 Å². The van der Waals surface area contributed by atoms with Crippen LogP contribution in [0.15, 0.2) is 18.2 Å². The number of likely N-dealkylation sites (N-methyl/N-ethyl adjacent to an activating group) is 1. The Morgan fingerprint density at radius 3 is 2.30 bits per heavy atom. The normalized spacial score (nSPS) is 16.2. The van der Waals surface area contributed by atoms with Crippen LogP contribution in [0.3, 0.4) is 0 Å². The first kappa shape index (κ1) is 17.7. The number of hydrogen-bond donors (Lipinski definition) is 2. The van der Waals surface area contributed by atoms with Gasteiger partial charge < -0.3 is 0 Å². The molecule has 2 unspecified atom stereocenters. The summed E-state index contributed by atoms with van der Waals surface area (Å²) in [4.78, 5) is 2.40. The number of nitrogens with zero attached hydrogens (tertiary/aromatic N) is 1. The maximum absolute atomic E-state index is 6.35. The molecule has 0 saturated carbocycles. The maximum Gasteiger partial charge on any atom is 0.0656 e. The van der Waals surface area contributed by atoms with Crippen LogP contribution in [0.25, 0.3) is 0 Å². The van der Waals surface area contributed by atoms with Crippen LogP contribution in [0.4, 0.5) is 0 Å². The third-order valence-electron chi connectivity index (χ3n) is 4.26. The van der Waals surface area contributed by atoms with Gasteiger partial charge in [-0.15, -0.1) is 0 Å². The van der Waals surface area contributed by atoms with E-state index in [1.165, 1.54) is 0 Å². The third kappa shape index (κ3) is 3.46. The summed E-state index contributed by atoms with van der Waals surface area (Å²) in [7, 11) is 0. The van der Waals surface area contributed by atoms with E-state index in [1.54, 1.807) is 6.07 Å². The van der Waals surface area contributed by atoms with Gasteiger partial charge in [0, 0.05) is 15.6 Å². The second kappa shape index (κ2) is 7.62. The van der Waals surface area contributed by atoms with Crippen LogP contribution in [0, 0.1) is 0 Å². The summed E-state index contributed by atoms with van der Waals surface area (Å²) in [5, 5.41) is 1.35. The molecule has 0 amide bonds. The third-order valence-corrected chi connectivity index (χ3v) is 4.84. The first-order valence-electron chi connectivity index (χ1n) is 7.10. The maximum atomic E-state index is 6.35. The molecule has 0 spiro atoms. The molecule has 0 aliphatic heterocycles. The van der Waals surface area contributed by atoms with E-state index in [0.717, 1.165) is 25.1 Å². The van der Waals surface area contributed by atoms with E-state index in [9.17, 15) is 0 Å². The van der Waals surface area contributed by atoms with Gasteiger partial charge in [-0.1, -0.05) is 44.0 Å². The Bertz CT molecular complexity index is 435. The SMILES string of the molecule is CCN(CC)C(C)(CC)C(NN)c1cc(Cl)ccc1Cl. The molecule has 0 aliphatic carbocycles. The lowest BCUT2D eigenvalue weighted by Crippen LogP contribution is -2.55. The minimum absolute atomic E-state index is 0.0846. The Balaban J connectivity index is 3.31. The Kier molecular flexibility index (Phi) is 6.76. The van der Waals surface area contributed by atoms with Gasteiger partial charge >= 0.3 is 0 Å². The topological polar surface area (TPSA) is 41.3 Å². The van der Waals surface area contributed by atoms with Gasteiger partial charge in [0.25, 0.3) is 0 Å². The van der Waals surface area contributed by atoms with Crippen LogP contribution >= 0.6 is 23.2 Å². The van der Waals surface area contributed by atoms with E-state index in [1.807, 2.05) is 12.1 Å². The van der Waals surface area contributed by atoms with Crippen molar-refractivity contribution >= 4 is 23.2 Å². The van der Waals surface area contributed by atoms with E-state index >= 15 is 0 Å². The summed E-state index contributed by atoms with van der Waals surface area (Å²) in [6.07, 6.45) is 0.951. The number of rotatable bonds is 7. The number of hydrogen-bond acceptors (Lipinski definition) is 3. The molecule has 0 fully saturated rings. The molecular formula is C15H25Cl2N3. The van der Waals surface area contributed by atoms with Crippen molar-refractivity contribution in [3.8, 4) is 0 Å². The number of benzene rings is 1. The summed E-state index contributed by atoms with van der Waals surface area (Å²) >= 11 is 12.5. The first-order valence-corrected chi connectivity index (χ1v) is 7.86. The zero-order valence-corrected chi connectivity index (χ0v) is 14.2. The molecule has 114 valence electrons. The molecular weight excluding hydrogens is 293 g/mol. The number of nitrogens with one attached hydrogen (secondary N) is 1. The van der Waals surface area contributed by atoms with Crippen LogP contribution in [0.2, 0.25) is 10.0 Å². The smallest absolute Gasteiger partial charge is 0.0656 e. The highest BCUT2D eigenvalue weighted by atomic mass is 35.5. The van der Waals surface area contributed by atoms with Gasteiger partial charge in [-0.05, 0) is 50.2 Å². The lowest BCUT2D eigenvalue weighted by Gasteiger charge is -2.45. The highest BCUT2D eigenvalue weighted by molar-refractivity contribution is 6.33. The van der Waals surface area contributed by atoms with Gasteiger partial charge in [-0.25, -0.2) is 0 Å². The summed E-state index contributed by atoms with van der Waals surface area (Å²) in [6, 6.07) is 5.42. The zero-order chi connectivity index (χ0) is 15.3. The molecule has 3 nitrogen and oxygen atoms in total. The highest BCUT2D eigenvalue weighted by Crippen LogP contribution is 2.37. The standard InChI is InChI=1S/C15H25Cl2N3/c1-5-15(4,20(6-2)7-3)14(19-18)12-10-11(16)8-9-13(12)17/h8-10,14,19H,5-7,18H2,1-4H3. The molecule has 0 saturated heterocycles. The van der Waals surface area contributed by atoms with Crippen molar-refractivity contribution in [2.24, 2.45) is 5.84 Å². The van der Waals surface area contributed by atoms with Crippen molar-refractivity contribution in [1.29, 1.82) is 0 Å². The van der Waals surface area contributed by atoms with Crippen LogP contribution in [-0.4, -0.2) is 23.5 Å². The average Bonchev–Trinajstić information content (AvgIpc) is 2.44. The van der Waals surface area contributed by atoms with Gasteiger partial charge in [-0.3, -0.25) is 16.2 Å². The zero-order valence-electron chi connectivity index (χ0n) is 12.7. The van der Waals surface area contributed by atoms with Crippen LogP contribution in [-0.2, 0) is 0 Å². The number of hydrazine groups is 1. The Morgan fingerprint density at radius 2 is 1.85 bits per heavy atom. The lowest BCUT2D eigenvalue weighted by molar-refractivity contribution is 0.0699. The van der Waals surface area contributed by atoms with Gasteiger partial charge in [0.1, 0.15) is 0 Å². The van der Waals surface area contributed by atoms with Gasteiger partial charge in [0.2, 0.25) is 0 Å². The van der Waals surface area contributed by atoms with Crippen molar-refractivity contribution in [2.45, 2.75) is 45.7 Å². The van der Waals surface area contributed by atoms with E-state index in [4.69, 9.17) is 29.0 Å². The summed E-state index contributed by atoms with van der Waals surface area (Å²) in [5.41, 5.74) is 3.75. The molecule has 0 heterocycles. The van der Waals surface area contributed by atoms with Gasteiger partial charge in [0.15, 0.2) is 0 Å². The lowest BCUT2D eigenvalue weighted by atomic mass is 9.83. The monoisotopic (exact) mass is 317 g/mol. The summed E-state index contributed by atoms with van der Waals surface area (Å²) in [6.45, 7) is 10.6. The predicted octanol–water partition coefficient (Wildman–Crippen LogP) is 4.01. The molecule has 1 aromatic carbocycles. The fourth-order valence-electron chi connectivity index (χ4n) is 2.90. The van der Waals surface area contributed by atoms with Crippen LogP contribution in [0.1, 0.15) is 45.7 Å². The second-order valence-corrected chi connectivity index (χ2v) is 5.99. The molecule has 0 aliphatic rings. The molecule has 5 heteroatoms. The van der Waals surface area contributed by atoms with Crippen molar-refractivity contribution < 1.29 is 0 Å². The fraction of sp³-hybridized carbons (Fsp3) is 0.600. The Morgan fingerprint density at radius 1 is 1.25 bits per heavy atom. The van der Waals surface area contributed by atoms with Crippen molar-refractivity contribution in [3.63, 3.8) is 0 Å². The molecule has 0 radical (unpaired) electrons. The van der Waals surface area contributed by atoms with Gasteiger partial charge in [0.05, 0.1) is 6.04 Å². The minimum Gasteiger partial charge on any atom is -0.297 e. The summed E-state index contributed by atoms with van der Waals surface area (Å²) < 4.78 is 0. The molecule has 1 aromatic rings. The molecule has 0 aromatic heterocycles. The Labute approximate surface area is 132 Å². The predicted molar refractivity (Wildman–Crippen MR) is 88.1 cm³/mol. The van der Waals surface area contributed by atoms with Crippen molar-refractivity contribution in [2.75, 3.05) is 13.1 Å². The first-order chi connectivity index (χ1) is 9.44. The number of halogens is 2. The van der Waals surface area contributed by atoms with Gasteiger partial charge in [-0.2, -0.15) is 0 Å². The van der Waals surface area contributed by atoms with Crippen LogP contribution in [0.5, 0.6) is 0 Å². The highest BCUT2D eigenvalue weighted by Gasteiger charge is 2.38. The average molecular weight is 318 g/mol. The van der Waals surface area contributed by atoms with E-state index in [-0.39, 0.29) is 11.6 Å². The Hall–Kier alpha value is -0.320. The quantitative estimate of drug-likeness (QED) is 0.589. The second-order valence-electron chi connectivity index (χ2n) is 5.15. The van der Waals surface area contributed by atoms with E-state index in [2.05, 4.69) is 38.0 Å². The molecule has 3 N–H and O–H groups in total. The van der Waals surface area contributed by atoms with E-state index < -0.39 is 0 Å². The molecule has 0 bridgehead atoms. The summed E-state index contributed by atoms with van der Waals surface area (Å²) in [5.74, 6) is 5.85. The molecule has 1 rings (SSSR count). The minimum atomic E-state index is -0.132. The molecule has 20 heavy (non-hydrogen) atoms. The number of nitrogens with two attached hydrogens (primary N) is 1. The largest absolute Gasteiger partial charge is 0.297 e. The van der Waals surface area contributed by atoms with Crippen molar-refractivity contribution in [3.05, 3.63) is 33.8 Å². The van der Waals surface area contributed by atoms with Crippen molar-refractivity contribution in [1.82, 2.24) is 10.3 Å².